The summed E-state index contributed by atoms with van der Waals surface area (Å²) >= 11 is 18.0. The molecule has 1 saturated heterocycles. The fourth-order valence-electron chi connectivity index (χ4n) is 2.75. The first kappa shape index (κ1) is 18.1. The second-order valence-electron chi connectivity index (χ2n) is 5.99. The van der Waals surface area contributed by atoms with Crippen LogP contribution in [0.25, 0.3) is 0 Å². The van der Waals surface area contributed by atoms with Gasteiger partial charge in [0.2, 0.25) is 11.8 Å². The molecule has 1 aliphatic rings. The zero-order valence-corrected chi connectivity index (χ0v) is 15.6. The molecule has 0 aromatic heterocycles. The summed E-state index contributed by atoms with van der Waals surface area (Å²) in [5.41, 5.74) is 2.14. The number of carbonyl (C=O) groups is 2. The summed E-state index contributed by atoms with van der Waals surface area (Å²) in [7, 11) is 0. The number of rotatable bonds is 3. The van der Waals surface area contributed by atoms with E-state index in [2.05, 4.69) is 5.32 Å². The number of nitrogens with one attached hydrogen (secondary N) is 1. The Morgan fingerprint density at radius 1 is 1.12 bits per heavy atom. The maximum atomic E-state index is 12.5. The molecule has 0 spiro atoms. The maximum absolute atomic E-state index is 12.5. The topological polar surface area (TPSA) is 49.4 Å². The van der Waals surface area contributed by atoms with Crippen molar-refractivity contribution in [3.63, 3.8) is 0 Å². The van der Waals surface area contributed by atoms with E-state index in [0.29, 0.717) is 33.0 Å². The number of anilines is 2. The Bertz CT molecular complexity index is 834. The van der Waals surface area contributed by atoms with Gasteiger partial charge in [-0.1, -0.05) is 40.9 Å². The molecule has 4 nitrogen and oxygen atoms in total. The predicted octanol–water partition coefficient (Wildman–Crippen LogP) is 4.95. The second kappa shape index (κ2) is 7.24. The highest BCUT2D eigenvalue weighted by molar-refractivity contribution is 6.35. The van der Waals surface area contributed by atoms with Crippen molar-refractivity contribution in [2.45, 2.75) is 13.3 Å². The molecule has 1 unspecified atom stereocenters. The van der Waals surface area contributed by atoms with E-state index in [9.17, 15) is 9.59 Å². The van der Waals surface area contributed by atoms with E-state index in [1.807, 2.05) is 19.1 Å². The number of amides is 2. The number of benzene rings is 2. The largest absolute Gasteiger partial charge is 0.326 e. The number of nitrogens with zero attached hydrogens (tertiary/aromatic N) is 1. The van der Waals surface area contributed by atoms with Gasteiger partial charge in [-0.3, -0.25) is 9.59 Å². The molecular weight excluding hydrogens is 383 g/mol. The van der Waals surface area contributed by atoms with Crippen molar-refractivity contribution in [2.75, 3.05) is 16.8 Å². The lowest BCUT2D eigenvalue weighted by atomic mass is 10.1. The van der Waals surface area contributed by atoms with Gasteiger partial charge in [0.05, 0.1) is 5.92 Å². The summed E-state index contributed by atoms with van der Waals surface area (Å²) in [5, 5.41) is 4.22. The van der Waals surface area contributed by atoms with Gasteiger partial charge in [0.25, 0.3) is 0 Å². The van der Waals surface area contributed by atoms with Gasteiger partial charge < -0.3 is 10.2 Å². The number of carbonyl (C=O) groups excluding carboxylic acids is 2. The van der Waals surface area contributed by atoms with Crippen molar-refractivity contribution in [3.8, 4) is 0 Å². The van der Waals surface area contributed by atoms with Crippen LogP contribution < -0.4 is 10.2 Å². The normalized spacial score (nSPS) is 17.0. The highest BCUT2D eigenvalue weighted by Gasteiger charge is 2.35. The van der Waals surface area contributed by atoms with Crippen LogP contribution in [-0.4, -0.2) is 18.4 Å². The molecule has 1 atom stereocenters. The fourth-order valence-corrected chi connectivity index (χ4v) is 3.45. The summed E-state index contributed by atoms with van der Waals surface area (Å²) in [6.45, 7) is 2.20. The number of aryl methyl sites for hydroxylation is 1. The Hall–Kier alpha value is -1.75. The Balaban J connectivity index is 1.73. The number of hydrogen-bond donors (Lipinski definition) is 1. The standard InChI is InChI=1S/C18H15Cl3N2O2/c1-10-2-3-15(8-16(10)21)23-9-11(4-17(23)24)18(25)22-14-6-12(19)5-13(20)7-14/h2-3,5-8,11H,4,9H2,1H3,(H,22,25). The van der Waals surface area contributed by atoms with E-state index in [4.69, 9.17) is 34.8 Å². The molecule has 1 N–H and O–H groups in total. The molecule has 3 rings (SSSR count). The Morgan fingerprint density at radius 2 is 1.80 bits per heavy atom. The third-order valence-corrected chi connectivity index (χ3v) is 4.94. The molecular formula is C18H15Cl3N2O2. The van der Waals surface area contributed by atoms with Gasteiger partial charge in [-0.05, 0) is 42.8 Å². The summed E-state index contributed by atoms with van der Waals surface area (Å²) < 4.78 is 0. The zero-order chi connectivity index (χ0) is 18.1. The van der Waals surface area contributed by atoms with Crippen LogP contribution in [0, 0.1) is 12.8 Å². The predicted molar refractivity (Wildman–Crippen MR) is 102 cm³/mol. The first-order valence-electron chi connectivity index (χ1n) is 7.67. The van der Waals surface area contributed by atoms with Gasteiger partial charge in [-0.15, -0.1) is 0 Å². The monoisotopic (exact) mass is 396 g/mol. The van der Waals surface area contributed by atoms with Gasteiger partial charge in [0.1, 0.15) is 0 Å². The number of halogens is 3. The Morgan fingerprint density at radius 3 is 2.44 bits per heavy atom. The van der Waals surface area contributed by atoms with E-state index >= 15 is 0 Å². The SMILES string of the molecule is Cc1ccc(N2CC(C(=O)Nc3cc(Cl)cc(Cl)c3)CC2=O)cc1Cl. The van der Waals surface area contributed by atoms with E-state index in [1.165, 1.54) is 0 Å². The summed E-state index contributed by atoms with van der Waals surface area (Å²) in [4.78, 5) is 26.4. The van der Waals surface area contributed by atoms with Crippen molar-refractivity contribution in [1.82, 2.24) is 0 Å². The molecule has 2 aromatic rings. The van der Waals surface area contributed by atoms with E-state index < -0.39 is 5.92 Å². The minimum atomic E-state index is -0.453. The summed E-state index contributed by atoms with van der Waals surface area (Å²) in [6.07, 6.45) is 0.144. The van der Waals surface area contributed by atoms with Crippen LogP contribution in [0.1, 0.15) is 12.0 Å². The smallest absolute Gasteiger partial charge is 0.229 e. The Kier molecular flexibility index (Phi) is 5.23. The van der Waals surface area contributed by atoms with Crippen molar-refractivity contribution in [3.05, 3.63) is 57.0 Å². The quantitative estimate of drug-likeness (QED) is 0.797. The van der Waals surface area contributed by atoms with Crippen molar-refractivity contribution in [2.24, 2.45) is 5.92 Å². The molecule has 1 heterocycles. The minimum Gasteiger partial charge on any atom is -0.326 e. The second-order valence-corrected chi connectivity index (χ2v) is 7.27. The lowest BCUT2D eigenvalue weighted by Gasteiger charge is -2.17. The van der Waals surface area contributed by atoms with E-state index in [0.717, 1.165) is 5.56 Å². The van der Waals surface area contributed by atoms with Crippen LogP contribution in [0.3, 0.4) is 0 Å². The molecule has 0 aliphatic carbocycles. The van der Waals surface area contributed by atoms with Crippen LogP contribution in [0.5, 0.6) is 0 Å². The van der Waals surface area contributed by atoms with Gasteiger partial charge in [-0.25, -0.2) is 0 Å². The average molecular weight is 398 g/mol. The molecule has 2 aromatic carbocycles. The molecule has 130 valence electrons. The molecule has 1 aliphatic heterocycles. The molecule has 0 bridgehead atoms. The van der Waals surface area contributed by atoms with Crippen molar-refractivity contribution >= 4 is 58.0 Å². The van der Waals surface area contributed by atoms with Crippen molar-refractivity contribution < 1.29 is 9.59 Å². The fraction of sp³-hybridized carbons (Fsp3) is 0.222. The van der Waals surface area contributed by atoms with Gasteiger partial charge >= 0.3 is 0 Å². The zero-order valence-electron chi connectivity index (χ0n) is 13.4. The highest BCUT2D eigenvalue weighted by atomic mass is 35.5. The van der Waals surface area contributed by atoms with E-state index in [-0.39, 0.29) is 18.2 Å². The van der Waals surface area contributed by atoms with Crippen LogP contribution >= 0.6 is 34.8 Å². The van der Waals surface area contributed by atoms with Gasteiger partial charge in [-0.2, -0.15) is 0 Å². The lowest BCUT2D eigenvalue weighted by molar-refractivity contribution is -0.122. The molecule has 2 amide bonds. The molecule has 0 saturated carbocycles. The van der Waals surface area contributed by atoms with Crippen LogP contribution in [-0.2, 0) is 9.59 Å². The van der Waals surface area contributed by atoms with E-state index in [1.54, 1.807) is 29.2 Å². The number of hydrogen-bond acceptors (Lipinski definition) is 2. The highest BCUT2D eigenvalue weighted by Crippen LogP contribution is 2.30. The Labute approximate surface area is 160 Å². The lowest BCUT2D eigenvalue weighted by Crippen LogP contribution is -2.28. The van der Waals surface area contributed by atoms with Gasteiger partial charge in [0.15, 0.2) is 0 Å². The first-order valence-corrected chi connectivity index (χ1v) is 8.80. The van der Waals surface area contributed by atoms with Crippen molar-refractivity contribution in [1.29, 1.82) is 0 Å². The molecule has 0 radical (unpaired) electrons. The van der Waals surface area contributed by atoms with Crippen LogP contribution in [0.4, 0.5) is 11.4 Å². The van der Waals surface area contributed by atoms with Crippen LogP contribution in [0.15, 0.2) is 36.4 Å². The summed E-state index contributed by atoms with van der Waals surface area (Å²) in [6, 6.07) is 10.2. The molecule has 25 heavy (non-hydrogen) atoms. The molecule has 7 heteroatoms. The maximum Gasteiger partial charge on any atom is 0.229 e. The van der Waals surface area contributed by atoms with Crippen LogP contribution in [0.2, 0.25) is 15.1 Å². The third kappa shape index (κ3) is 4.09. The first-order chi connectivity index (χ1) is 11.8. The van der Waals surface area contributed by atoms with Gasteiger partial charge in [0, 0.05) is 39.4 Å². The molecule has 1 fully saturated rings. The third-order valence-electron chi connectivity index (χ3n) is 4.09. The average Bonchev–Trinajstić information content (AvgIpc) is 2.91. The minimum absolute atomic E-state index is 0.107. The summed E-state index contributed by atoms with van der Waals surface area (Å²) in [5.74, 6) is -0.804.